The maximum atomic E-state index is 4.20. The molecular formula is C12H23N5. The van der Waals surface area contributed by atoms with E-state index in [1.807, 2.05) is 13.0 Å². The van der Waals surface area contributed by atoms with Crippen molar-refractivity contribution >= 4 is 11.6 Å². The normalized spacial score (nSPS) is 11.6. The monoisotopic (exact) mass is 237 g/mol. The standard InChI is InChI=1S/C12H23N5/c1-6-13-10-7-11(16-9-15-10)14-8-12(2,3)17(4)5/h7,9H,6,8H2,1-5H3,(H2,13,14,15,16). The van der Waals surface area contributed by atoms with Crippen LogP contribution in [0.5, 0.6) is 0 Å². The zero-order valence-electron chi connectivity index (χ0n) is 11.4. The van der Waals surface area contributed by atoms with Crippen molar-refractivity contribution in [1.29, 1.82) is 0 Å². The van der Waals surface area contributed by atoms with Crippen LogP contribution in [-0.2, 0) is 0 Å². The predicted octanol–water partition coefficient (Wildman–Crippen LogP) is 1.66. The number of anilines is 2. The van der Waals surface area contributed by atoms with Gasteiger partial charge in [-0.1, -0.05) is 0 Å². The van der Waals surface area contributed by atoms with Crippen LogP contribution in [0.25, 0.3) is 0 Å². The second kappa shape index (κ2) is 5.82. The highest BCUT2D eigenvalue weighted by Gasteiger charge is 2.19. The van der Waals surface area contributed by atoms with E-state index in [0.717, 1.165) is 24.7 Å². The highest BCUT2D eigenvalue weighted by molar-refractivity contribution is 5.46. The van der Waals surface area contributed by atoms with Crippen LogP contribution in [-0.4, -0.2) is 47.6 Å². The van der Waals surface area contributed by atoms with Gasteiger partial charge in [-0.15, -0.1) is 0 Å². The second-order valence-corrected chi connectivity index (χ2v) is 4.88. The molecule has 5 heteroatoms. The van der Waals surface area contributed by atoms with Gasteiger partial charge >= 0.3 is 0 Å². The number of nitrogens with one attached hydrogen (secondary N) is 2. The Labute approximate surface area is 104 Å². The lowest BCUT2D eigenvalue weighted by atomic mass is 10.0. The smallest absolute Gasteiger partial charge is 0.131 e. The third kappa shape index (κ3) is 4.19. The molecule has 96 valence electrons. The lowest BCUT2D eigenvalue weighted by molar-refractivity contribution is 0.210. The maximum Gasteiger partial charge on any atom is 0.131 e. The molecule has 0 unspecified atom stereocenters. The third-order valence-corrected chi connectivity index (χ3v) is 2.94. The topological polar surface area (TPSA) is 53.1 Å². The van der Waals surface area contributed by atoms with Crippen LogP contribution in [0.1, 0.15) is 20.8 Å². The Bertz CT molecular complexity index is 349. The van der Waals surface area contributed by atoms with Crippen molar-refractivity contribution in [3.8, 4) is 0 Å². The molecule has 0 spiro atoms. The fraction of sp³-hybridized carbons (Fsp3) is 0.667. The summed E-state index contributed by atoms with van der Waals surface area (Å²) in [6.45, 7) is 8.12. The van der Waals surface area contributed by atoms with Gasteiger partial charge in [0, 0.05) is 24.7 Å². The number of rotatable bonds is 6. The minimum Gasteiger partial charge on any atom is -0.370 e. The highest BCUT2D eigenvalue weighted by atomic mass is 15.2. The molecule has 0 amide bonds. The van der Waals surface area contributed by atoms with E-state index in [2.05, 4.69) is 53.4 Å². The quantitative estimate of drug-likeness (QED) is 0.788. The number of nitrogens with zero attached hydrogens (tertiary/aromatic N) is 3. The van der Waals surface area contributed by atoms with Crippen molar-refractivity contribution in [3.63, 3.8) is 0 Å². The van der Waals surface area contributed by atoms with Gasteiger partial charge in [-0.05, 0) is 34.9 Å². The molecule has 0 aliphatic heterocycles. The van der Waals surface area contributed by atoms with Gasteiger partial charge in [-0.25, -0.2) is 9.97 Å². The van der Waals surface area contributed by atoms with Crippen molar-refractivity contribution < 1.29 is 0 Å². The second-order valence-electron chi connectivity index (χ2n) is 4.88. The van der Waals surface area contributed by atoms with Gasteiger partial charge in [0.15, 0.2) is 0 Å². The first kappa shape index (κ1) is 13.7. The molecule has 2 N–H and O–H groups in total. The number of hydrogen-bond acceptors (Lipinski definition) is 5. The van der Waals surface area contributed by atoms with Crippen LogP contribution in [0, 0.1) is 0 Å². The summed E-state index contributed by atoms with van der Waals surface area (Å²) in [5, 5.41) is 6.50. The van der Waals surface area contributed by atoms with Crippen molar-refractivity contribution in [1.82, 2.24) is 14.9 Å². The molecule has 0 atom stereocenters. The minimum absolute atomic E-state index is 0.0866. The molecule has 0 saturated heterocycles. The van der Waals surface area contributed by atoms with Crippen molar-refractivity contribution in [2.45, 2.75) is 26.3 Å². The van der Waals surface area contributed by atoms with Crippen LogP contribution >= 0.6 is 0 Å². The van der Waals surface area contributed by atoms with Gasteiger partial charge in [0.1, 0.15) is 18.0 Å². The first-order chi connectivity index (χ1) is 7.95. The van der Waals surface area contributed by atoms with Gasteiger partial charge in [-0.2, -0.15) is 0 Å². The van der Waals surface area contributed by atoms with Crippen LogP contribution < -0.4 is 10.6 Å². The predicted molar refractivity (Wildman–Crippen MR) is 72.5 cm³/mol. The number of hydrogen-bond donors (Lipinski definition) is 2. The van der Waals surface area contributed by atoms with Crippen LogP contribution in [0.2, 0.25) is 0 Å². The van der Waals surface area contributed by atoms with E-state index in [0.29, 0.717) is 0 Å². The molecule has 1 heterocycles. The van der Waals surface area contributed by atoms with Crippen LogP contribution in [0.15, 0.2) is 12.4 Å². The number of likely N-dealkylation sites (N-methyl/N-ethyl adjacent to an activating group) is 1. The molecule has 0 saturated carbocycles. The molecule has 0 aliphatic rings. The molecule has 0 fully saturated rings. The summed E-state index contributed by atoms with van der Waals surface area (Å²) in [4.78, 5) is 10.5. The fourth-order valence-corrected chi connectivity index (χ4v) is 1.20. The molecule has 1 aromatic rings. The largest absolute Gasteiger partial charge is 0.370 e. The summed E-state index contributed by atoms with van der Waals surface area (Å²) in [7, 11) is 4.15. The Balaban J connectivity index is 2.60. The molecule has 0 radical (unpaired) electrons. The lowest BCUT2D eigenvalue weighted by Crippen LogP contribution is -2.44. The first-order valence-corrected chi connectivity index (χ1v) is 5.93. The van der Waals surface area contributed by atoms with Crippen molar-refractivity contribution in [2.24, 2.45) is 0 Å². The zero-order chi connectivity index (χ0) is 12.9. The van der Waals surface area contributed by atoms with E-state index in [1.54, 1.807) is 6.33 Å². The molecule has 0 bridgehead atoms. The molecule has 0 aliphatic carbocycles. The summed E-state index contributed by atoms with van der Waals surface area (Å²) in [5.41, 5.74) is 0.0866. The Morgan fingerprint density at radius 2 is 1.76 bits per heavy atom. The molecular weight excluding hydrogens is 214 g/mol. The van der Waals surface area contributed by atoms with Crippen LogP contribution in [0.3, 0.4) is 0 Å². The van der Waals surface area contributed by atoms with E-state index < -0.39 is 0 Å². The Hall–Kier alpha value is -1.36. The molecule has 1 aromatic heterocycles. The fourth-order valence-electron chi connectivity index (χ4n) is 1.20. The van der Waals surface area contributed by atoms with Gasteiger partial charge in [0.2, 0.25) is 0 Å². The maximum absolute atomic E-state index is 4.20. The SMILES string of the molecule is CCNc1cc(NCC(C)(C)N(C)C)ncn1. The van der Waals surface area contributed by atoms with E-state index in [9.17, 15) is 0 Å². The molecule has 0 aromatic carbocycles. The van der Waals surface area contributed by atoms with Crippen LogP contribution in [0.4, 0.5) is 11.6 Å². The molecule has 5 nitrogen and oxygen atoms in total. The zero-order valence-corrected chi connectivity index (χ0v) is 11.4. The summed E-state index contributed by atoms with van der Waals surface area (Å²) in [6.07, 6.45) is 1.57. The van der Waals surface area contributed by atoms with Gasteiger partial charge in [0.05, 0.1) is 0 Å². The Morgan fingerprint density at radius 1 is 1.18 bits per heavy atom. The lowest BCUT2D eigenvalue weighted by Gasteiger charge is -2.32. The van der Waals surface area contributed by atoms with Crippen molar-refractivity contribution in [3.05, 3.63) is 12.4 Å². The Morgan fingerprint density at radius 3 is 2.29 bits per heavy atom. The van der Waals surface area contributed by atoms with Gasteiger partial charge in [0.25, 0.3) is 0 Å². The van der Waals surface area contributed by atoms with Gasteiger partial charge < -0.3 is 15.5 Å². The Kier molecular flexibility index (Phi) is 4.69. The summed E-state index contributed by atoms with van der Waals surface area (Å²) >= 11 is 0. The van der Waals surface area contributed by atoms with Crippen molar-refractivity contribution in [2.75, 3.05) is 37.8 Å². The first-order valence-electron chi connectivity index (χ1n) is 5.93. The van der Waals surface area contributed by atoms with E-state index >= 15 is 0 Å². The molecule has 17 heavy (non-hydrogen) atoms. The highest BCUT2D eigenvalue weighted by Crippen LogP contribution is 2.13. The van der Waals surface area contributed by atoms with E-state index in [4.69, 9.17) is 0 Å². The summed E-state index contributed by atoms with van der Waals surface area (Å²) in [6, 6.07) is 1.93. The summed E-state index contributed by atoms with van der Waals surface area (Å²) in [5.74, 6) is 1.71. The third-order valence-electron chi connectivity index (χ3n) is 2.94. The van der Waals surface area contributed by atoms with E-state index in [1.165, 1.54) is 0 Å². The molecule has 1 rings (SSSR count). The van der Waals surface area contributed by atoms with E-state index in [-0.39, 0.29) is 5.54 Å². The number of aromatic nitrogens is 2. The average molecular weight is 237 g/mol. The average Bonchev–Trinajstić information content (AvgIpc) is 2.27. The summed E-state index contributed by atoms with van der Waals surface area (Å²) < 4.78 is 0. The minimum atomic E-state index is 0.0866. The van der Waals surface area contributed by atoms with Gasteiger partial charge in [-0.3, -0.25) is 0 Å².